The zero-order valence-corrected chi connectivity index (χ0v) is 9.67. The molecule has 3 nitrogen and oxygen atoms in total. The number of rotatable bonds is 1. The van der Waals surface area contributed by atoms with Gasteiger partial charge in [-0.1, -0.05) is 20.3 Å². The number of hydrogen-bond donors (Lipinski definition) is 0. The van der Waals surface area contributed by atoms with Gasteiger partial charge in [-0.05, 0) is 19.8 Å². The maximum atomic E-state index is 11.0. The van der Waals surface area contributed by atoms with E-state index in [9.17, 15) is 9.59 Å². The first-order valence-electron chi connectivity index (χ1n) is 5.32. The number of nitrogens with zero attached hydrogens (tertiary/aromatic N) is 1. The van der Waals surface area contributed by atoms with E-state index in [-0.39, 0.29) is 17.7 Å². The van der Waals surface area contributed by atoms with Gasteiger partial charge in [-0.15, -0.1) is 0 Å². The maximum absolute atomic E-state index is 11.0. The van der Waals surface area contributed by atoms with Crippen LogP contribution in [0.15, 0.2) is 0 Å². The van der Waals surface area contributed by atoms with Crippen molar-refractivity contribution in [1.82, 2.24) is 4.90 Å². The van der Waals surface area contributed by atoms with Crippen LogP contribution in [0.25, 0.3) is 0 Å². The molecule has 0 aromatic rings. The van der Waals surface area contributed by atoms with Crippen LogP contribution in [0.2, 0.25) is 0 Å². The first kappa shape index (κ1) is 13.1. The smallest absolute Gasteiger partial charge is 0.220 e. The van der Waals surface area contributed by atoms with E-state index >= 15 is 0 Å². The number of carbonyl (C=O) groups excluding carboxylic acids is 2. The Morgan fingerprint density at radius 2 is 1.79 bits per heavy atom. The van der Waals surface area contributed by atoms with Crippen LogP contribution in [0.1, 0.15) is 47.0 Å². The Labute approximate surface area is 86.5 Å². The summed E-state index contributed by atoms with van der Waals surface area (Å²) in [7, 11) is 0. The standard InChI is InChI=1S/C8H13NO2.C3H8/c1-6(10)8-4-3-5-9(8)7(2)11;1-3-2/h8H,3-5H2,1-2H3;3H2,1-2H3. The number of ketones is 1. The minimum atomic E-state index is -0.132. The molecular weight excluding hydrogens is 178 g/mol. The molecule has 0 aromatic carbocycles. The second-order valence-electron chi connectivity index (χ2n) is 3.69. The Kier molecular flexibility index (Phi) is 6.17. The minimum absolute atomic E-state index is 0.0164. The fourth-order valence-electron chi connectivity index (χ4n) is 1.57. The Hall–Kier alpha value is -0.860. The van der Waals surface area contributed by atoms with Crippen LogP contribution in [0.4, 0.5) is 0 Å². The first-order chi connectivity index (χ1) is 6.54. The van der Waals surface area contributed by atoms with Gasteiger partial charge in [0.2, 0.25) is 5.91 Å². The van der Waals surface area contributed by atoms with Gasteiger partial charge in [0, 0.05) is 13.5 Å². The molecule has 1 amide bonds. The molecule has 82 valence electrons. The minimum Gasteiger partial charge on any atom is -0.333 e. The Bertz CT molecular complexity index is 181. The van der Waals surface area contributed by atoms with Crippen molar-refractivity contribution in [2.45, 2.75) is 53.0 Å². The summed E-state index contributed by atoms with van der Waals surface area (Å²) >= 11 is 0. The molecule has 1 aliphatic heterocycles. The zero-order valence-electron chi connectivity index (χ0n) is 9.67. The van der Waals surface area contributed by atoms with E-state index in [4.69, 9.17) is 0 Å². The van der Waals surface area contributed by atoms with Crippen molar-refractivity contribution in [2.24, 2.45) is 0 Å². The van der Waals surface area contributed by atoms with Crippen molar-refractivity contribution in [3.63, 3.8) is 0 Å². The van der Waals surface area contributed by atoms with Crippen LogP contribution in [-0.2, 0) is 9.59 Å². The summed E-state index contributed by atoms with van der Waals surface area (Å²) in [5.41, 5.74) is 0. The second kappa shape index (κ2) is 6.57. The quantitative estimate of drug-likeness (QED) is 0.647. The summed E-state index contributed by atoms with van der Waals surface area (Å²) in [5.74, 6) is 0.125. The fraction of sp³-hybridized carbons (Fsp3) is 0.818. The average Bonchev–Trinajstić information content (AvgIpc) is 2.52. The molecule has 1 atom stereocenters. The van der Waals surface area contributed by atoms with Crippen molar-refractivity contribution in [1.29, 1.82) is 0 Å². The van der Waals surface area contributed by atoms with E-state index in [0.29, 0.717) is 0 Å². The van der Waals surface area contributed by atoms with E-state index in [2.05, 4.69) is 13.8 Å². The predicted molar refractivity (Wildman–Crippen MR) is 57.1 cm³/mol. The molecule has 0 radical (unpaired) electrons. The number of hydrogen-bond acceptors (Lipinski definition) is 2. The summed E-state index contributed by atoms with van der Waals surface area (Å²) in [6, 6.07) is -0.132. The van der Waals surface area contributed by atoms with Gasteiger partial charge in [-0.3, -0.25) is 9.59 Å². The summed E-state index contributed by atoms with van der Waals surface area (Å²) in [4.78, 5) is 23.6. The van der Waals surface area contributed by atoms with Gasteiger partial charge in [0.25, 0.3) is 0 Å². The highest BCUT2D eigenvalue weighted by atomic mass is 16.2. The molecule has 1 unspecified atom stereocenters. The lowest BCUT2D eigenvalue weighted by atomic mass is 10.1. The Balaban J connectivity index is 0.000000500. The fourth-order valence-corrected chi connectivity index (χ4v) is 1.57. The molecule has 1 heterocycles. The SMILES string of the molecule is CC(=O)C1CCCN1C(C)=O.CCC. The average molecular weight is 199 g/mol. The lowest BCUT2D eigenvalue weighted by molar-refractivity contribution is -0.135. The molecule has 1 rings (SSSR count). The van der Waals surface area contributed by atoms with Gasteiger partial charge in [0.1, 0.15) is 0 Å². The van der Waals surface area contributed by atoms with Crippen molar-refractivity contribution >= 4 is 11.7 Å². The van der Waals surface area contributed by atoms with E-state index in [1.54, 1.807) is 11.8 Å². The highest BCUT2D eigenvalue weighted by Gasteiger charge is 2.29. The molecule has 1 aliphatic rings. The van der Waals surface area contributed by atoms with Crippen LogP contribution < -0.4 is 0 Å². The van der Waals surface area contributed by atoms with E-state index < -0.39 is 0 Å². The van der Waals surface area contributed by atoms with E-state index in [1.807, 2.05) is 0 Å². The molecule has 1 fully saturated rings. The number of Topliss-reactive ketones (excluding diaryl/α,β-unsaturated/α-hetero) is 1. The van der Waals surface area contributed by atoms with Crippen LogP contribution in [0.5, 0.6) is 0 Å². The van der Waals surface area contributed by atoms with E-state index in [0.717, 1.165) is 19.4 Å². The van der Waals surface area contributed by atoms with E-state index in [1.165, 1.54) is 13.3 Å². The van der Waals surface area contributed by atoms with Gasteiger partial charge < -0.3 is 4.90 Å². The molecule has 3 heteroatoms. The van der Waals surface area contributed by atoms with Crippen molar-refractivity contribution < 1.29 is 9.59 Å². The van der Waals surface area contributed by atoms with Crippen molar-refractivity contribution in [3.05, 3.63) is 0 Å². The Morgan fingerprint density at radius 1 is 1.29 bits per heavy atom. The number of amides is 1. The Morgan fingerprint density at radius 3 is 2.07 bits per heavy atom. The molecule has 0 saturated carbocycles. The van der Waals surface area contributed by atoms with Crippen molar-refractivity contribution in [3.8, 4) is 0 Å². The maximum Gasteiger partial charge on any atom is 0.220 e. The van der Waals surface area contributed by atoms with Crippen LogP contribution in [0, 0.1) is 0 Å². The molecule has 0 bridgehead atoms. The first-order valence-corrected chi connectivity index (χ1v) is 5.32. The van der Waals surface area contributed by atoms with Gasteiger partial charge >= 0.3 is 0 Å². The third-order valence-corrected chi connectivity index (χ3v) is 2.13. The summed E-state index contributed by atoms with van der Waals surface area (Å²) in [5, 5.41) is 0. The summed E-state index contributed by atoms with van der Waals surface area (Å²) in [6.45, 7) is 8.06. The van der Waals surface area contributed by atoms with Crippen molar-refractivity contribution in [2.75, 3.05) is 6.54 Å². The number of likely N-dealkylation sites (tertiary alicyclic amines) is 1. The molecule has 0 N–H and O–H groups in total. The third-order valence-electron chi connectivity index (χ3n) is 2.13. The molecule has 0 spiro atoms. The summed E-state index contributed by atoms with van der Waals surface area (Å²) in [6.07, 6.45) is 3.05. The van der Waals surface area contributed by atoms with Gasteiger partial charge in [0.15, 0.2) is 5.78 Å². The largest absolute Gasteiger partial charge is 0.333 e. The molecule has 14 heavy (non-hydrogen) atoms. The lowest BCUT2D eigenvalue weighted by Gasteiger charge is -2.20. The third kappa shape index (κ3) is 3.90. The van der Waals surface area contributed by atoms with Gasteiger partial charge in [-0.25, -0.2) is 0 Å². The normalized spacial score (nSPS) is 20.0. The zero-order chi connectivity index (χ0) is 11.1. The predicted octanol–water partition coefficient (Wildman–Crippen LogP) is 2.00. The van der Waals surface area contributed by atoms with Gasteiger partial charge in [0.05, 0.1) is 6.04 Å². The molecule has 0 aliphatic carbocycles. The second-order valence-corrected chi connectivity index (χ2v) is 3.69. The summed E-state index contributed by atoms with van der Waals surface area (Å²) < 4.78 is 0. The molecule has 0 aromatic heterocycles. The topological polar surface area (TPSA) is 37.4 Å². The molecule has 1 saturated heterocycles. The highest BCUT2D eigenvalue weighted by molar-refractivity contribution is 5.87. The number of carbonyl (C=O) groups is 2. The van der Waals surface area contributed by atoms with Crippen LogP contribution >= 0.6 is 0 Å². The molecular formula is C11H21NO2. The monoisotopic (exact) mass is 199 g/mol. The highest BCUT2D eigenvalue weighted by Crippen LogP contribution is 2.17. The van der Waals surface area contributed by atoms with Crippen LogP contribution in [-0.4, -0.2) is 29.2 Å². The lowest BCUT2D eigenvalue weighted by Crippen LogP contribution is -2.37. The van der Waals surface area contributed by atoms with Gasteiger partial charge in [-0.2, -0.15) is 0 Å². The van der Waals surface area contributed by atoms with Crippen LogP contribution in [0.3, 0.4) is 0 Å².